The fourth-order valence-corrected chi connectivity index (χ4v) is 1.94. The van der Waals surface area contributed by atoms with Gasteiger partial charge in [0, 0.05) is 12.2 Å². The van der Waals surface area contributed by atoms with Gasteiger partial charge in [-0.05, 0) is 25.0 Å². The van der Waals surface area contributed by atoms with Gasteiger partial charge in [0.25, 0.3) is 0 Å². The van der Waals surface area contributed by atoms with Crippen LogP contribution in [0.25, 0.3) is 0 Å². The highest BCUT2D eigenvalue weighted by Crippen LogP contribution is 2.14. The van der Waals surface area contributed by atoms with Crippen LogP contribution < -0.4 is 5.32 Å². The molecule has 0 aromatic carbocycles. The summed E-state index contributed by atoms with van der Waals surface area (Å²) >= 11 is 0. The number of pyridine rings is 1. The molecule has 1 aromatic heterocycles. The lowest BCUT2D eigenvalue weighted by atomic mass is 10.1. The predicted octanol–water partition coefficient (Wildman–Crippen LogP) is 3.55. The van der Waals surface area contributed by atoms with Crippen LogP contribution >= 0.6 is 0 Å². The van der Waals surface area contributed by atoms with E-state index in [1.54, 1.807) is 6.07 Å². The van der Waals surface area contributed by atoms with Crippen LogP contribution in [0.3, 0.4) is 0 Å². The Kier molecular flexibility index (Phi) is 6.19. The van der Waals surface area contributed by atoms with E-state index in [1.807, 2.05) is 0 Å². The number of aromatic carboxylic acids is 1. The highest BCUT2D eigenvalue weighted by molar-refractivity contribution is 5.88. The van der Waals surface area contributed by atoms with Crippen molar-refractivity contribution in [3.05, 3.63) is 23.9 Å². The van der Waals surface area contributed by atoms with Crippen molar-refractivity contribution < 1.29 is 9.90 Å². The van der Waals surface area contributed by atoms with E-state index in [2.05, 4.69) is 24.1 Å². The second-order valence-corrected chi connectivity index (χ2v) is 4.51. The number of carboxylic acids is 1. The molecule has 1 aromatic rings. The van der Waals surface area contributed by atoms with Gasteiger partial charge in [0.1, 0.15) is 5.82 Å². The summed E-state index contributed by atoms with van der Waals surface area (Å²) in [5.41, 5.74) is 0.276. The molecule has 100 valence electrons. The number of rotatable bonds is 8. The zero-order valence-electron chi connectivity index (χ0n) is 11.1. The summed E-state index contributed by atoms with van der Waals surface area (Å²) in [5.74, 6) is -0.259. The van der Waals surface area contributed by atoms with E-state index in [0.29, 0.717) is 11.9 Å². The van der Waals surface area contributed by atoms with Crippen LogP contribution in [0.5, 0.6) is 0 Å². The van der Waals surface area contributed by atoms with Crippen molar-refractivity contribution in [2.24, 2.45) is 0 Å². The maximum Gasteiger partial charge on any atom is 0.335 e. The normalized spacial score (nSPS) is 12.1. The number of nitrogens with zero attached hydrogens (tertiary/aromatic N) is 1. The van der Waals surface area contributed by atoms with Gasteiger partial charge in [-0.25, -0.2) is 9.78 Å². The molecule has 0 fully saturated rings. The lowest BCUT2D eigenvalue weighted by Gasteiger charge is -2.18. The molecule has 0 aliphatic carbocycles. The first-order valence-corrected chi connectivity index (χ1v) is 6.63. The Labute approximate surface area is 108 Å². The Bertz CT molecular complexity index is 380. The topological polar surface area (TPSA) is 62.2 Å². The summed E-state index contributed by atoms with van der Waals surface area (Å²) in [6, 6.07) is 3.48. The van der Waals surface area contributed by atoms with Gasteiger partial charge in [-0.3, -0.25) is 0 Å². The minimum absolute atomic E-state index is 0.276. The second kappa shape index (κ2) is 7.69. The average molecular weight is 250 g/mol. The fourth-order valence-electron chi connectivity index (χ4n) is 1.94. The quantitative estimate of drug-likeness (QED) is 0.740. The minimum Gasteiger partial charge on any atom is -0.478 e. The zero-order valence-corrected chi connectivity index (χ0v) is 11.1. The molecule has 0 saturated carbocycles. The fraction of sp³-hybridized carbons (Fsp3) is 0.571. The second-order valence-electron chi connectivity index (χ2n) is 4.51. The molecular weight excluding hydrogens is 228 g/mol. The Morgan fingerprint density at radius 2 is 2.17 bits per heavy atom. The molecule has 1 heterocycles. The molecule has 4 heteroatoms. The molecule has 0 spiro atoms. The number of nitrogens with one attached hydrogen (secondary N) is 1. The van der Waals surface area contributed by atoms with Crippen molar-refractivity contribution in [2.45, 2.75) is 52.0 Å². The van der Waals surface area contributed by atoms with Crippen LogP contribution in [0, 0.1) is 0 Å². The van der Waals surface area contributed by atoms with Crippen molar-refractivity contribution in [1.82, 2.24) is 4.98 Å². The van der Waals surface area contributed by atoms with Gasteiger partial charge in [0.15, 0.2) is 0 Å². The predicted molar refractivity (Wildman–Crippen MR) is 73.0 cm³/mol. The highest BCUT2D eigenvalue weighted by atomic mass is 16.4. The van der Waals surface area contributed by atoms with Crippen molar-refractivity contribution in [3.63, 3.8) is 0 Å². The summed E-state index contributed by atoms with van der Waals surface area (Å²) in [6.07, 6.45) is 7.18. The number of carbonyl (C=O) groups is 1. The lowest BCUT2D eigenvalue weighted by molar-refractivity contribution is 0.0697. The molecule has 0 amide bonds. The van der Waals surface area contributed by atoms with E-state index in [9.17, 15) is 4.79 Å². The molecule has 4 nitrogen and oxygen atoms in total. The molecule has 0 aliphatic heterocycles. The van der Waals surface area contributed by atoms with Gasteiger partial charge < -0.3 is 10.4 Å². The van der Waals surface area contributed by atoms with E-state index >= 15 is 0 Å². The molecule has 0 aliphatic rings. The lowest BCUT2D eigenvalue weighted by Crippen LogP contribution is -2.20. The molecule has 1 rings (SSSR count). The smallest absolute Gasteiger partial charge is 0.335 e. The van der Waals surface area contributed by atoms with Crippen molar-refractivity contribution in [1.29, 1.82) is 0 Å². The van der Waals surface area contributed by atoms with Crippen LogP contribution in [-0.4, -0.2) is 22.1 Å². The van der Waals surface area contributed by atoms with E-state index in [0.717, 1.165) is 19.3 Å². The van der Waals surface area contributed by atoms with Gasteiger partial charge >= 0.3 is 5.97 Å². The van der Waals surface area contributed by atoms with Crippen LogP contribution in [0.2, 0.25) is 0 Å². The number of hydrogen-bond acceptors (Lipinski definition) is 3. The first-order chi connectivity index (χ1) is 8.67. The van der Waals surface area contributed by atoms with Gasteiger partial charge in [0.2, 0.25) is 0 Å². The summed E-state index contributed by atoms with van der Waals surface area (Å²) in [5, 5.41) is 12.3. The molecule has 0 radical (unpaired) electrons. The van der Waals surface area contributed by atoms with Gasteiger partial charge in [-0.1, -0.05) is 33.1 Å². The molecule has 2 N–H and O–H groups in total. The summed E-state index contributed by atoms with van der Waals surface area (Å²) in [4.78, 5) is 15.1. The Hall–Kier alpha value is -1.58. The SMILES string of the molecule is CCCCC(CCC)Nc1cc(C(=O)O)ccn1. The average Bonchev–Trinajstić information content (AvgIpc) is 2.36. The van der Waals surface area contributed by atoms with Crippen molar-refractivity contribution >= 4 is 11.8 Å². The van der Waals surface area contributed by atoms with Crippen molar-refractivity contribution in [3.8, 4) is 0 Å². The van der Waals surface area contributed by atoms with Gasteiger partial charge in [0.05, 0.1) is 5.56 Å². The zero-order chi connectivity index (χ0) is 13.4. The standard InChI is InChI=1S/C14H22N2O2/c1-3-5-7-12(6-4-2)16-13-10-11(14(17)18)8-9-15-13/h8-10,12H,3-7H2,1-2H3,(H,15,16)(H,17,18). The van der Waals surface area contributed by atoms with Crippen LogP contribution in [0.1, 0.15) is 56.3 Å². The summed E-state index contributed by atoms with van der Waals surface area (Å²) < 4.78 is 0. The third-order valence-corrected chi connectivity index (χ3v) is 2.90. The first-order valence-electron chi connectivity index (χ1n) is 6.63. The van der Waals surface area contributed by atoms with E-state index in [1.165, 1.54) is 25.1 Å². The van der Waals surface area contributed by atoms with Gasteiger partial charge in [-0.2, -0.15) is 0 Å². The largest absolute Gasteiger partial charge is 0.478 e. The van der Waals surface area contributed by atoms with Crippen LogP contribution in [-0.2, 0) is 0 Å². The number of anilines is 1. The number of aromatic nitrogens is 1. The minimum atomic E-state index is -0.916. The molecule has 18 heavy (non-hydrogen) atoms. The molecule has 1 atom stereocenters. The Morgan fingerprint density at radius 1 is 1.39 bits per heavy atom. The molecular formula is C14H22N2O2. The van der Waals surface area contributed by atoms with E-state index in [-0.39, 0.29) is 5.56 Å². The number of carboxylic acid groups (broad SMARTS) is 1. The maximum absolute atomic E-state index is 10.9. The highest BCUT2D eigenvalue weighted by Gasteiger charge is 2.09. The van der Waals surface area contributed by atoms with E-state index in [4.69, 9.17) is 5.11 Å². The Morgan fingerprint density at radius 3 is 2.78 bits per heavy atom. The monoisotopic (exact) mass is 250 g/mol. The molecule has 0 bridgehead atoms. The molecule has 0 saturated heterocycles. The summed E-state index contributed by atoms with van der Waals surface area (Å²) in [6.45, 7) is 4.33. The van der Waals surface area contributed by atoms with Gasteiger partial charge in [-0.15, -0.1) is 0 Å². The first kappa shape index (κ1) is 14.5. The Balaban J connectivity index is 2.67. The third kappa shape index (κ3) is 4.73. The summed E-state index contributed by atoms with van der Waals surface area (Å²) in [7, 11) is 0. The van der Waals surface area contributed by atoms with E-state index < -0.39 is 5.97 Å². The maximum atomic E-state index is 10.9. The van der Waals surface area contributed by atoms with Crippen LogP contribution in [0.4, 0.5) is 5.82 Å². The van der Waals surface area contributed by atoms with Crippen molar-refractivity contribution in [2.75, 3.05) is 5.32 Å². The molecule has 1 unspecified atom stereocenters. The number of hydrogen-bond donors (Lipinski definition) is 2. The third-order valence-electron chi connectivity index (χ3n) is 2.90. The number of unbranched alkanes of at least 4 members (excludes halogenated alkanes) is 1. The van der Waals surface area contributed by atoms with Crippen LogP contribution in [0.15, 0.2) is 18.3 Å².